The summed E-state index contributed by atoms with van der Waals surface area (Å²) in [4.78, 5) is 39.1. The highest BCUT2D eigenvalue weighted by atomic mass is 32.1. The quantitative estimate of drug-likeness (QED) is 0.637. The van der Waals surface area contributed by atoms with Crippen LogP contribution in [-0.4, -0.2) is 95.9 Å². The summed E-state index contributed by atoms with van der Waals surface area (Å²) in [6.45, 7) is 8.52. The van der Waals surface area contributed by atoms with Crippen molar-refractivity contribution in [2.75, 3.05) is 57.8 Å². The highest BCUT2D eigenvalue weighted by molar-refractivity contribution is 7.12. The summed E-state index contributed by atoms with van der Waals surface area (Å²) in [7, 11) is 2.15. The van der Waals surface area contributed by atoms with E-state index in [0.29, 0.717) is 19.8 Å². The lowest BCUT2D eigenvalue weighted by atomic mass is 9.80. The Hall–Kier alpha value is -2.77. The van der Waals surface area contributed by atoms with Gasteiger partial charge >= 0.3 is 12.1 Å². The monoisotopic (exact) mass is 527 g/mol. The van der Waals surface area contributed by atoms with Gasteiger partial charge in [0.25, 0.3) is 5.91 Å². The van der Waals surface area contributed by atoms with Crippen molar-refractivity contribution in [3.63, 3.8) is 0 Å². The van der Waals surface area contributed by atoms with Gasteiger partial charge in [-0.05, 0) is 37.4 Å². The molecule has 1 N–H and O–H groups in total. The Labute approximate surface area is 210 Å². The average Bonchev–Trinajstić information content (AvgIpc) is 3.46. The van der Waals surface area contributed by atoms with Crippen LogP contribution >= 0.6 is 11.3 Å². The summed E-state index contributed by atoms with van der Waals surface area (Å²) in [5, 5.41) is 9.11. The van der Waals surface area contributed by atoms with Crippen LogP contribution in [-0.2, 0) is 21.6 Å². The number of aliphatic carboxylic acids is 1. The van der Waals surface area contributed by atoms with Crippen LogP contribution in [0.3, 0.4) is 0 Å². The van der Waals surface area contributed by atoms with Gasteiger partial charge in [0, 0.05) is 51.0 Å². The zero-order valence-corrected chi connectivity index (χ0v) is 20.9. The van der Waals surface area contributed by atoms with E-state index in [9.17, 15) is 18.0 Å². The highest BCUT2D eigenvalue weighted by Crippen LogP contribution is 2.40. The molecule has 0 aromatic carbocycles. The summed E-state index contributed by atoms with van der Waals surface area (Å²) in [6, 6.07) is 2.01. The number of hydrogen-bond donors (Lipinski definition) is 1. The number of anilines is 1. The van der Waals surface area contributed by atoms with Gasteiger partial charge in [0.05, 0.1) is 29.2 Å². The number of piperazine rings is 1. The number of fused-ring (bicyclic) bond motifs is 2. The number of aryl methyl sites for hydroxylation is 1. The van der Waals surface area contributed by atoms with E-state index < -0.39 is 12.1 Å². The predicted octanol–water partition coefficient (Wildman–Crippen LogP) is 2.55. The van der Waals surface area contributed by atoms with E-state index >= 15 is 0 Å². The summed E-state index contributed by atoms with van der Waals surface area (Å²) in [6.07, 6.45) is -2.26. The topological polar surface area (TPSA) is 99.1 Å². The van der Waals surface area contributed by atoms with Crippen molar-refractivity contribution in [3.8, 4) is 0 Å². The van der Waals surface area contributed by atoms with Crippen molar-refractivity contribution in [2.24, 2.45) is 0 Å². The normalized spacial score (nSPS) is 22.2. The molecule has 0 aliphatic carbocycles. The molecule has 2 fully saturated rings. The molecule has 1 amide bonds. The van der Waals surface area contributed by atoms with Crippen molar-refractivity contribution < 1.29 is 32.6 Å². The Morgan fingerprint density at radius 1 is 1.19 bits per heavy atom. The first-order chi connectivity index (χ1) is 17.0. The van der Waals surface area contributed by atoms with Crippen LogP contribution in [0, 0.1) is 6.92 Å². The molecule has 2 aromatic heterocycles. The van der Waals surface area contributed by atoms with Gasteiger partial charge in [-0.15, -0.1) is 11.3 Å². The van der Waals surface area contributed by atoms with Crippen LogP contribution in [0.5, 0.6) is 0 Å². The first-order valence-corrected chi connectivity index (χ1v) is 12.4. The Bertz CT molecular complexity index is 1120. The summed E-state index contributed by atoms with van der Waals surface area (Å²) in [5.74, 6) is -1.81. The SMILES string of the molecule is Cc1ccsc1C(=O)N1CCC2(COCc3cnc(N4CCN(C)CC4)nc32)C1.O=C(O)C(F)(F)F. The molecule has 36 heavy (non-hydrogen) atoms. The number of carboxylic acids is 1. The van der Waals surface area contributed by atoms with Crippen LogP contribution in [0.4, 0.5) is 19.1 Å². The smallest absolute Gasteiger partial charge is 0.475 e. The van der Waals surface area contributed by atoms with Gasteiger partial charge < -0.3 is 24.5 Å². The minimum Gasteiger partial charge on any atom is -0.475 e. The molecule has 3 aliphatic rings. The molecule has 3 aliphatic heterocycles. The summed E-state index contributed by atoms with van der Waals surface area (Å²) < 4.78 is 37.7. The third-order valence-corrected chi connectivity index (χ3v) is 7.72. The second-order valence-corrected chi connectivity index (χ2v) is 10.2. The van der Waals surface area contributed by atoms with Crippen LogP contribution in [0.15, 0.2) is 17.6 Å². The van der Waals surface area contributed by atoms with Gasteiger partial charge in [-0.2, -0.15) is 13.2 Å². The summed E-state index contributed by atoms with van der Waals surface area (Å²) in [5.41, 5.74) is 2.99. The van der Waals surface area contributed by atoms with E-state index in [0.717, 1.165) is 66.8 Å². The maximum Gasteiger partial charge on any atom is 0.490 e. The fourth-order valence-electron chi connectivity index (χ4n) is 4.64. The highest BCUT2D eigenvalue weighted by Gasteiger charge is 2.47. The molecular weight excluding hydrogens is 499 g/mol. The van der Waals surface area contributed by atoms with Crippen LogP contribution in [0.25, 0.3) is 0 Å². The van der Waals surface area contributed by atoms with E-state index in [2.05, 4.69) is 21.8 Å². The molecule has 5 heterocycles. The van der Waals surface area contributed by atoms with Gasteiger partial charge in [-0.25, -0.2) is 14.8 Å². The van der Waals surface area contributed by atoms with Gasteiger partial charge in [0.1, 0.15) is 0 Å². The molecule has 1 spiro atoms. The van der Waals surface area contributed by atoms with Gasteiger partial charge in [-0.3, -0.25) is 4.79 Å². The standard InChI is InChI=1S/C21H27N5O2S.C2HF3O2/c1-15-3-10-29-17(15)19(27)26-5-4-21(13-26)14-28-12-16-11-22-20(23-18(16)21)25-8-6-24(2)7-9-25;3-2(4,5)1(6)7/h3,10-11H,4-9,12-14H2,1-2H3;(H,6,7). The van der Waals surface area contributed by atoms with E-state index in [-0.39, 0.29) is 11.3 Å². The fourth-order valence-corrected chi connectivity index (χ4v) is 5.53. The fraction of sp³-hybridized carbons (Fsp3) is 0.565. The third-order valence-electron chi connectivity index (χ3n) is 6.72. The molecule has 2 saturated heterocycles. The Morgan fingerprint density at radius 2 is 1.89 bits per heavy atom. The predicted molar refractivity (Wildman–Crippen MR) is 126 cm³/mol. The largest absolute Gasteiger partial charge is 0.490 e. The number of nitrogens with zero attached hydrogens (tertiary/aromatic N) is 5. The number of ether oxygens (including phenoxy) is 1. The van der Waals surface area contributed by atoms with Crippen molar-refractivity contribution in [1.82, 2.24) is 19.8 Å². The van der Waals surface area contributed by atoms with Crippen LogP contribution in [0.2, 0.25) is 0 Å². The number of likely N-dealkylation sites (tertiary alicyclic amines) is 1. The Balaban J connectivity index is 0.000000384. The van der Waals surface area contributed by atoms with E-state index in [1.54, 1.807) is 0 Å². The molecule has 2 aromatic rings. The number of alkyl halides is 3. The molecule has 9 nitrogen and oxygen atoms in total. The molecule has 13 heteroatoms. The molecule has 1 unspecified atom stereocenters. The maximum atomic E-state index is 13.1. The van der Waals surface area contributed by atoms with Gasteiger partial charge in [-0.1, -0.05) is 0 Å². The average molecular weight is 528 g/mol. The molecule has 196 valence electrons. The zero-order chi connectivity index (χ0) is 26.1. The first kappa shape index (κ1) is 26.3. The van der Waals surface area contributed by atoms with Gasteiger partial charge in [0.2, 0.25) is 5.95 Å². The van der Waals surface area contributed by atoms with Crippen LogP contribution in [0.1, 0.15) is 32.9 Å². The number of carboxylic acid groups (broad SMARTS) is 1. The van der Waals surface area contributed by atoms with Crippen molar-refractivity contribution >= 4 is 29.2 Å². The summed E-state index contributed by atoms with van der Waals surface area (Å²) >= 11 is 1.53. The number of carbonyl (C=O) groups is 2. The van der Waals surface area contributed by atoms with Crippen molar-refractivity contribution in [3.05, 3.63) is 39.3 Å². The second-order valence-electron chi connectivity index (χ2n) is 9.32. The first-order valence-electron chi connectivity index (χ1n) is 11.5. The van der Waals surface area contributed by atoms with Crippen molar-refractivity contribution in [1.29, 1.82) is 0 Å². The van der Waals surface area contributed by atoms with Crippen LogP contribution < -0.4 is 4.90 Å². The van der Waals surface area contributed by atoms with E-state index in [4.69, 9.17) is 19.6 Å². The number of rotatable bonds is 2. The lowest BCUT2D eigenvalue weighted by Crippen LogP contribution is -2.46. The second kappa shape index (κ2) is 10.3. The number of carbonyl (C=O) groups excluding carboxylic acids is 1. The Kier molecular flexibility index (Phi) is 7.53. The molecule has 5 rings (SSSR count). The van der Waals surface area contributed by atoms with E-state index in [1.165, 1.54) is 11.3 Å². The zero-order valence-electron chi connectivity index (χ0n) is 20.0. The Morgan fingerprint density at radius 3 is 2.50 bits per heavy atom. The number of thiophene rings is 1. The number of likely N-dealkylation sites (N-methyl/N-ethyl adjacent to an activating group) is 1. The number of amides is 1. The number of aromatic nitrogens is 2. The molecule has 0 saturated carbocycles. The lowest BCUT2D eigenvalue weighted by Gasteiger charge is -2.36. The van der Waals surface area contributed by atoms with Gasteiger partial charge in [0.15, 0.2) is 0 Å². The van der Waals surface area contributed by atoms with E-state index in [1.807, 2.05) is 29.5 Å². The maximum absolute atomic E-state index is 13.1. The molecule has 0 bridgehead atoms. The molecular formula is C23H28F3N5O4S. The molecule has 0 radical (unpaired) electrons. The molecule has 1 atom stereocenters. The van der Waals surface area contributed by atoms with Crippen molar-refractivity contribution in [2.45, 2.75) is 31.5 Å². The third kappa shape index (κ3) is 5.47. The number of halogens is 3. The minimum atomic E-state index is -5.08. The minimum absolute atomic E-state index is 0.134. The number of hydrogen-bond acceptors (Lipinski definition) is 8. The lowest BCUT2D eigenvalue weighted by molar-refractivity contribution is -0.192.